The molecule has 0 bridgehead atoms. The number of aromatic nitrogens is 2. The Morgan fingerprint density at radius 3 is 2.75 bits per heavy atom. The number of hydrogen-bond acceptors (Lipinski definition) is 3. The van der Waals surface area contributed by atoms with Gasteiger partial charge in [-0.1, -0.05) is 18.2 Å². The van der Waals surface area contributed by atoms with E-state index in [4.69, 9.17) is 5.73 Å². The molecule has 4 heteroatoms. The number of nitrogens with zero attached hydrogens (tertiary/aromatic N) is 2. The van der Waals surface area contributed by atoms with E-state index in [1.165, 1.54) is 10.4 Å². The second-order valence-electron chi connectivity index (χ2n) is 4.77. The molecular weight excluding hydrogens is 266 g/mol. The van der Waals surface area contributed by atoms with Gasteiger partial charge in [0, 0.05) is 24.6 Å². The van der Waals surface area contributed by atoms with Gasteiger partial charge in [-0.2, -0.15) is 0 Å². The molecule has 0 saturated heterocycles. The van der Waals surface area contributed by atoms with Crippen LogP contribution in [0.15, 0.2) is 54.2 Å². The number of rotatable bonds is 5. The molecule has 3 aromatic rings. The number of anilines is 1. The standard InChI is InChI=1S/C16H17N3S/c17-14-7-5-13(6-8-14)3-1-10-19-11-9-18-16(19)15-4-2-12-20-15/h2,4-9,11-12H,1,3,10,17H2. The lowest BCUT2D eigenvalue weighted by Gasteiger charge is -2.07. The van der Waals surface area contributed by atoms with Crippen molar-refractivity contribution in [3.05, 3.63) is 59.7 Å². The number of nitrogen functional groups attached to an aromatic ring is 1. The molecule has 2 heterocycles. The maximum Gasteiger partial charge on any atom is 0.149 e. The topological polar surface area (TPSA) is 43.8 Å². The molecule has 0 spiro atoms. The third kappa shape index (κ3) is 2.91. The molecule has 102 valence electrons. The van der Waals surface area contributed by atoms with E-state index in [1.54, 1.807) is 11.3 Å². The second-order valence-corrected chi connectivity index (χ2v) is 5.71. The summed E-state index contributed by atoms with van der Waals surface area (Å²) in [5.74, 6) is 1.07. The van der Waals surface area contributed by atoms with Crippen LogP contribution in [-0.2, 0) is 13.0 Å². The van der Waals surface area contributed by atoms with E-state index in [0.29, 0.717) is 0 Å². The fourth-order valence-electron chi connectivity index (χ4n) is 2.26. The number of benzene rings is 1. The first kappa shape index (κ1) is 12.9. The van der Waals surface area contributed by atoms with E-state index < -0.39 is 0 Å². The van der Waals surface area contributed by atoms with Gasteiger partial charge < -0.3 is 10.3 Å². The molecule has 20 heavy (non-hydrogen) atoms. The Balaban J connectivity index is 1.62. The van der Waals surface area contributed by atoms with Gasteiger partial charge in [-0.05, 0) is 42.0 Å². The van der Waals surface area contributed by atoms with Crippen molar-refractivity contribution in [3.63, 3.8) is 0 Å². The lowest BCUT2D eigenvalue weighted by atomic mass is 10.1. The van der Waals surface area contributed by atoms with E-state index in [1.807, 2.05) is 18.3 Å². The molecule has 0 amide bonds. The molecule has 0 fully saturated rings. The monoisotopic (exact) mass is 283 g/mol. The average Bonchev–Trinajstić information content (AvgIpc) is 3.11. The molecule has 0 aliphatic carbocycles. The van der Waals surface area contributed by atoms with Crippen molar-refractivity contribution in [2.75, 3.05) is 5.73 Å². The van der Waals surface area contributed by atoms with Crippen molar-refractivity contribution in [2.24, 2.45) is 0 Å². The highest BCUT2D eigenvalue weighted by molar-refractivity contribution is 7.13. The quantitative estimate of drug-likeness (QED) is 0.723. The summed E-state index contributed by atoms with van der Waals surface area (Å²) in [5, 5.41) is 2.09. The van der Waals surface area contributed by atoms with Crippen LogP contribution < -0.4 is 5.73 Å². The number of nitrogens with two attached hydrogens (primary N) is 1. The van der Waals surface area contributed by atoms with Crippen LogP contribution >= 0.6 is 11.3 Å². The predicted molar refractivity (Wildman–Crippen MR) is 84.7 cm³/mol. The van der Waals surface area contributed by atoms with E-state index in [2.05, 4.69) is 45.4 Å². The Morgan fingerprint density at radius 2 is 2.00 bits per heavy atom. The van der Waals surface area contributed by atoms with Gasteiger partial charge in [0.1, 0.15) is 5.82 Å². The maximum atomic E-state index is 5.70. The van der Waals surface area contributed by atoms with Crippen LogP contribution in [0.1, 0.15) is 12.0 Å². The highest BCUT2D eigenvalue weighted by Gasteiger charge is 2.06. The minimum atomic E-state index is 0.823. The third-order valence-corrected chi connectivity index (χ3v) is 4.17. The fourth-order valence-corrected chi connectivity index (χ4v) is 2.99. The summed E-state index contributed by atoms with van der Waals surface area (Å²) >= 11 is 1.73. The molecule has 2 N–H and O–H groups in total. The van der Waals surface area contributed by atoms with Gasteiger partial charge in [0.05, 0.1) is 4.88 Å². The smallest absolute Gasteiger partial charge is 0.149 e. The molecule has 2 aromatic heterocycles. The van der Waals surface area contributed by atoms with Crippen LogP contribution in [0.25, 0.3) is 10.7 Å². The average molecular weight is 283 g/mol. The van der Waals surface area contributed by atoms with Gasteiger partial charge in [-0.25, -0.2) is 4.98 Å². The molecule has 3 rings (SSSR count). The highest BCUT2D eigenvalue weighted by Crippen LogP contribution is 2.23. The molecule has 1 aromatic carbocycles. The maximum absolute atomic E-state index is 5.70. The lowest BCUT2D eigenvalue weighted by Crippen LogP contribution is -2.00. The molecule has 3 nitrogen and oxygen atoms in total. The summed E-state index contributed by atoms with van der Waals surface area (Å²) < 4.78 is 2.23. The zero-order valence-electron chi connectivity index (χ0n) is 11.2. The normalized spacial score (nSPS) is 10.8. The predicted octanol–water partition coefficient (Wildman–Crippen LogP) is 3.83. The minimum Gasteiger partial charge on any atom is -0.399 e. The van der Waals surface area contributed by atoms with Crippen LogP contribution in [0, 0.1) is 0 Å². The lowest BCUT2D eigenvalue weighted by molar-refractivity contribution is 0.648. The first-order valence-electron chi connectivity index (χ1n) is 6.72. The largest absolute Gasteiger partial charge is 0.399 e. The van der Waals surface area contributed by atoms with Crippen molar-refractivity contribution in [2.45, 2.75) is 19.4 Å². The summed E-state index contributed by atoms with van der Waals surface area (Å²) in [6, 6.07) is 12.3. The second kappa shape index (κ2) is 5.92. The van der Waals surface area contributed by atoms with E-state index in [9.17, 15) is 0 Å². The van der Waals surface area contributed by atoms with Crippen LogP contribution in [0.2, 0.25) is 0 Å². The summed E-state index contributed by atoms with van der Waals surface area (Å²) in [6.07, 6.45) is 6.08. The SMILES string of the molecule is Nc1ccc(CCCn2ccnc2-c2cccs2)cc1. The van der Waals surface area contributed by atoms with Gasteiger partial charge in [0.15, 0.2) is 0 Å². The molecule has 0 aliphatic rings. The molecule has 0 unspecified atom stereocenters. The van der Waals surface area contributed by atoms with Crippen molar-refractivity contribution in [3.8, 4) is 10.7 Å². The van der Waals surface area contributed by atoms with Gasteiger partial charge in [-0.3, -0.25) is 0 Å². The zero-order valence-corrected chi connectivity index (χ0v) is 12.0. The molecule has 0 radical (unpaired) electrons. The third-order valence-electron chi connectivity index (χ3n) is 3.30. The first-order valence-corrected chi connectivity index (χ1v) is 7.60. The molecule has 0 saturated carbocycles. The Bertz CT molecular complexity index is 653. The number of thiophene rings is 1. The van der Waals surface area contributed by atoms with Gasteiger partial charge in [0.25, 0.3) is 0 Å². The van der Waals surface area contributed by atoms with Gasteiger partial charge in [-0.15, -0.1) is 11.3 Å². The number of aryl methyl sites for hydroxylation is 2. The highest BCUT2D eigenvalue weighted by atomic mass is 32.1. The van der Waals surface area contributed by atoms with Gasteiger partial charge >= 0.3 is 0 Å². The van der Waals surface area contributed by atoms with Gasteiger partial charge in [0.2, 0.25) is 0 Å². The summed E-state index contributed by atoms with van der Waals surface area (Å²) in [4.78, 5) is 5.68. The van der Waals surface area contributed by atoms with Crippen LogP contribution in [0.5, 0.6) is 0 Å². The van der Waals surface area contributed by atoms with Crippen LogP contribution in [0.4, 0.5) is 5.69 Å². The Hall–Kier alpha value is -2.07. The Morgan fingerprint density at radius 1 is 1.15 bits per heavy atom. The van der Waals surface area contributed by atoms with E-state index in [0.717, 1.165) is 30.9 Å². The first-order chi connectivity index (χ1) is 9.83. The summed E-state index contributed by atoms with van der Waals surface area (Å²) in [6.45, 7) is 0.984. The van der Waals surface area contributed by atoms with Crippen molar-refractivity contribution in [1.29, 1.82) is 0 Å². The number of imidazole rings is 1. The minimum absolute atomic E-state index is 0.823. The van der Waals surface area contributed by atoms with Crippen molar-refractivity contribution < 1.29 is 0 Å². The Kier molecular flexibility index (Phi) is 3.83. The molecule has 0 atom stereocenters. The van der Waals surface area contributed by atoms with Crippen LogP contribution in [0.3, 0.4) is 0 Å². The molecular formula is C16H17N3S. The Labute approximate surface area is 122 Å². The fraction of sp³-hybridized carbons (Fsp3) is 0.188. The zero-order chi connectivity index (χ0) is 13.8. The summed E-state index contributed by atoms with van der Waals surface area (Å²) in [5.41, 5.74) is 7.85. The van der Waals surface area contributed by atoms with Crippen LogP contribution in [-0.4, -0.2) is 9.55 Å². The van der Waals surface area contributed by atoms with E-state index >= 15 is 0 Å². The number of hydrogen-bond donors (Lipinski definition) is 1. The summed E-state index contributed by atoms with van der Waals surface area (Å²) in [7, 11) is 0. The van der Waals surface area contributed by atoms with Crippen molar-refractivity contribution >= 4 is 17.0 Å². The van der Waals surface area contributed by atoms with E-state index in [-0.39, 0.29) is 0 Å². The molecule has 0 aliphatic heterocycles. The van der Waals surface area contributed by atoms with Crippen molar-refractivity contribution in [1.82, 2.24) is 9.55 Å².